The molecule has 0 amide bonds. The van der Waals surface area contributed by atoms with Gasteiger partial charge in [0.25, 0.3) is 0 Å². The quantitative estimate of drug-likeness (QED) is 0.507. The fourth-order valence-electron chi connectivity index (χ4n) is 2.32. The van der Waals surface area contributed by atoms with Gasteiger partial charge in [-0.15, -0.1) is 0 Å². The molecule has 4 heteroatoms. The Labute approximate surface area is 118 Å². The highest BCUT2D eigenvalue weighted by Crippen LogP contribution is 2.34. The van der Waals surface area contributed by atoms with Crippen LogP contribution in [0.25, 0.3) is 21.9 Å². The van der Waals surface area contributed by atoms with Crippen LogP contribution in [0.15, 0.2) is 60.7 Å². The van der Waals surface area contributed by atoms with Crippen LogP contribution in [0.2, 0.25) is 0 Å². The van der Waals surface area contributed by atoms with Crippen LogP contribution in [-0.4, -0.2) is 0 Å². The largest absolute Gasteiger partial charge is 0.416 e. The molecule has 0 aromatic heterocycles. The van der Waals surface area contributed by atoms with Crippen molar-refractivity contribution in [3.8, 4) is 11.1 Å². The number of benzene rings is 3. The highest BCUT2D eigenvalue weighted by Gasteiger charge is 2.30. The van der Waals surface area contributed by atoms with Crippen molar-refractivity contribution in [3.63, 3.8) is 0 Å². The van der Waals surface area contributed by atoms with E-state index in [9.17, 15) is 17.6 Å². The monoisotopic (exact) mass is 290 g/mol. The first-order valence-electron chi connectivity index (χ1n) is 6.32. The second kappa shape index (κ2) is 4.88. The summed E-state index contributed by atoms with van der Waals surface area (Å²) in [6, 6.07) is 14.8. The van der Waals surface area contributed by atoms with Gasteiger partial charge in [0, 0.05) is 10.9 Å². The number of hydrogen-bond acceptors (Lipinski definition) is 0. The van der Waals surface area contributed by atoms with Crippen molar-refractivity contribution in [2.75, 3.05) is 0 Å². The molecule has 0 atom stereocenters. The Bertz CT molecular complexity index is 803. The Hall–Kier alpha value is -2.36. The molecule has 3 rings (SSSR count). The first-order valence-corrected chi connectivity index (χ1v) is 6.32. The van der Waals surface area contributed by atoms with Crippen molar-refractivity contribution in [1.82, 2.24) is 0 Å². The Kier molecular flexibility index (Phi) is 3.16. The summed E-state index contributed by atoms with van der Waals surface area (Å²) in [7, 11) is 0. The lowest BCUT2D eigenvalue weighted by molar-refractivity contribution is -0.137. The molecule has 3 aromatic rings. The maximum absolute atomic E-state index is 14.5. The Morgan fingerprint density at radius 1 is 0.762 bits per heavy atom. The van der Waals surface area contributed by atoms with Crippen molar-refractivity contribution in [2.45, 2.75) is 6.18 Å². The van der Waals surface area contributed by atoms with E-state index in [1.54, 1.807) is 30.3 Å². The lowest BCUT2D eigenvalue weighted by atomic mass is 9.99. The number of rotatable bonds is 1. The summed E-state index contributed by atoms with van der Waals surface area (Å²) >= 11 is 0. The third kappa shape index (κ3) is 2.49. The van der Waals surface area contributed by atoms with E-state index in [1.807, 2.05) is 0 Å². The van der Waals surface area contributed by atoms with E-state index in [4.69, 9.17) is 0 Å². The predicted octanol–water partition coefficient (Wildman–Crippen LogP) is 5.66. The smallest absolute Gasteiger partial charge is 0.206 e. The Morgan fingerprint density at radius 2 is 1.52 bits per heavy atom. The number of hydrogen-bond donors (Lipinski definition) is 0. The molecule has 0 radical (unpaired) electrons. The van der Waals surface area contributed by atoms with E-state index >= 15 is 0 Å². The van der Waals surface area contributed by atoms with Crippen molar-refractivity contribution in [3.05, 3.63) is 72.0 Å². The summed E-state index contributed by atoms with van der Waals surface area (Å²) in [5.74, 6) is -0.507. The van der Waals surface area contributed by atoms with Crippen molar-refractivity contribution < 1.29 is 17.6 Å². The average molecular weight is 290 g/mol. The zero-order valence-corrected chi connectivity index (χ0v) is 10.8. The summed E-state index contributed by atoms with van der Waals surface area (Å²) in [6.07, 6.45) is -4.44. The van der Waals surface area contributed by atoms with Gasteiger partial charge < -0.3 is 0 Å². The molecule has 0 N–H and O–H groups in total. The van der Waals surface area contributed by atoms with Crippen LogP contribution in [0.1, 0.15) is 5.56 Å². The molecule has 0 nitrogen and oxygen atoms in total. The predicted molar refractivity (Wildman–Crippen MR) is 74.3 cm³/mol. The molecule has 21 heavy (non-hydrogen) atoms. The van der Waals surface area contributed by atoms with Gasteiger partial charge in [-0.05, 0) is 23.1 Å². The van der Waals surface area contributed by atoms with Crippen LogP contribution in [0.3, 0.4) is 0 Å². The van der Waals surface area contributed by atoms with Crippen molar-refractivity contribution in [2.24, 2.45) is 0 Å². The van der Waals surface area contributed by atoms with Gasteiger partial charge in [-0.1, -0.05) is 48.5 Å². The van der Waals surface area contributed by atoms with Crippen LogP contribution in [0.4, 0.5) is 17.6 Å². The number of halogens is 4. The van der Waals surface area contributed by atoms with Crippen LogP contribution in [0, 0.1) is 5.82 Å². The van der Waals surface area contributed by atoms with E-state index in [0.717, 1.165) is 12.1 Å². The van der Waals surface area contributed by atoms with Gasteiger partial charge in [0.2, 0.25) is 0 Å². The van der Waals surface area contributed by atoms with Gasteiger partial charge in [0.15, 0.2) is 0 Å². The third-order valence-corrected chi connectivity index (χ3v) is 3.36. The number of alkyl halides is 3. The summed E-state index contributed by atoms with van der Waals surface area (Å²) in [4.78, 5) is 0. The molecule has 0 bridgehead atoms. The fraction of sp³-hybridized carbons (Fsp3) is 0.0588. The average Bonchev–Trinajstić information content (AvgIpc) is 2.47. The van der Waals surface area contributed by atoms with Crippen LogP contribution in [0.5, 0.6) is 0 Å². The first-order chi connectivity index (χ1) is 9.97. The summed E-state index contributed by atoms with van der Waals surface area (Å²) in [6.45, 7) is 0. The molecule has 0 heterocycles. The van der Waals surface area contributed by atoms with Gasteiger partial charge in [0.05, 0.1) is 5.56 Å². The Balaban J connectivity index is 2.19. The minimum absolute atomic E-state index is 0.166. The normalized spacial score (nSPS) is 11.8. The molecule has 3 aromatic carbocycles. The lowest BCUT2D eigenvalue weighted by Gasteiger charge is -2.10. The van der Waals surface area contributed by atoms with Gasteiger partial charge >= 0.3 is 6.18 Å². The van der Waals surface area contributed by atoms with E-state index in [2.05, 4.69) is 0 Å². The van der Waals surface area contributed by atoms with Gasteiger partial charge in [-0.3, -0.25) is 0 Å². The summed E-state index contributed by atoms with van der Waals surface area (Å²) < 4.78 is 52.7. The third-order valence-electron chi connectivity index (χ3n) is 3.36. The molecule has 0 saturated heterocycles. The number of fused-ring (bicyclic) bond motifs is 1. The van der Waals surface area contributed by atoms with E-state index in [1.165, 1.54) is 18.2 Å². The van der Waals surface area contributed by atoms with Crippen LogP contribution < -0.4 is 0 Å². The lowest BCUT2D eigenvalue weighted by Crippen LogP contribution is -2.04. The van der Waals surface area contributed by atoms with E-state index in [-0.39, 0.29) is 11.1 Å². The molecule has 0 unspecified atom stereocenters. The molecule has 0 spiro atoms. The molecular weight excluding hydrogens is 280 g/mol. The van der Waals surface area contributed by atoms with E-state index in [0.29, 0.717) is 10.8 Å². The zero-order chi connectivity index (χ0) is 15.0. The SMILES string of the molecule is Fc1c(-c2cccc(C(F)(F)F)c2)ccc2ccccc12. The fourth-order valence-corrected chi connectivity index (χ4v) is 2.32. The van der Waals surface area contributed by atoms with Crippen LogP contribution in [-0.2, 0) is 6.18 Å². The minimum atomic E-state index is -4.44. The highest BCUT2D eigenvalue weighted by atomic mass is 19.4. The summed E-state index contributed by atoms with van der Waals surface area (Å²) in [5, 5.41) is 1.11. The van der Waals surface area contributed by atoms with Gasteiger partial charge in [-0.2, -0.15) is 13.2 Å². The maximum Gasteiger partial charge on any atom is 0.416 e. The molecule has 0 aliphatic carbocycles. The van der Waals surface area contributed by atoms with Crippen molar-refractivity contribution in [1.29, 1.82) is 0 Å². The van der Waals surface area contributed by atoms with Crippen molar-refractivity contribution >= 4 is 10.8 Å². The second-order valence-corrected chi connectivity index (χ2v) is 4.73. The molecule has 106 valence electrons. The first kappa shape index (κ1) is 13.6. The Morgan fingerprint density at radius 3 is 2.29 bits per heavy atom. The van der Waals surface area contributed by atoms with Gasteiger partial charge in [0.1, 0.15) is 5.82 Å². The zero-order valence-electron chi connectivity index (χ0n) is 10.8. The maximum atomic E-state index is 14.5. The molecular formula is C17H10F4. The second-order valence-electron chi connectivity index (χ2n) is 4.73. The van der Waals surface area contributed by atoms with Gasteiger partial charge in [-0.25, -0.2) is 4.39 Å². The minimum Gasteiger partial charge on any atom is -0.206 e. The topological polar surface area (TPSA) is 0 Å². The summed E-state index contributed by atoms with van der Waals surface area (Å²) in [5.41, 5.74) is -0.402. The molecule has 0 saturated carbocycles. The molecule has 0 aliphatic heterocycles. The molecule has 0 fully saturated rings. The standard InChI is InChI=1S/C17H10F4/c18-16-14-7-2-1-4-11(14)8-9-15(16)12-5-3-6-13(10-12)17(19,20)21/h1-10H. The van der Waals surface area contributed by atoms with Crippen LogP contribution >= 0.6 is 0 Å². The molecule has 0 aliphatic rings. The highest BCUT2D eigenvalue weighted by molar-refractivity contribution is 5.88. The van der Waals surface area contributed by atoms with E-state index < -0.39 is 17.6 Å².